The fourth-order valence-corrected chi connectivity index (χ4v) is 2.44. The monoisotopic (exact) mass is 252 g/mol. The van der Waals surface area contributed by atoms with Crippen molar-refractivity contribution in [2.24, 2.45) is 11.7 Å². The zero-order chi connectivity index (χ0) is 12.7. The second-order valence-corrected chi connectivity index (χ2v) is 5.31. The van der Waals surface area contributed by atoms with Crippen LogP contribution < -0.4 is 11.1 Å². The zero-order valence-electron chi connectivity index (χ0n) is 10.3. The van der Waals surface area contributed by atoms with E-state index in [-0.39, 0.29) is 11.9 Å². The van der Waals surface area contributed by atoms with Crippen molar-refractivity contribution >= 4 is 23.2 Å². The van der Waals surface area contributed by atoms with Gasteiger partial charge < -0.3 is 11.1 Å². The van der Waals surface area contributed by atoms with Gasteiger partial charge in [-0.25, -0.2) is 0 Å². The molecule has 1 unspecified atom stereocenters. The standard InChI is InChI=1S/C13H17ClN2O/c1-6(2)12(15)9-4-8-5-10(17)16-13(8)7(3)11(9)14/h4,6,12H,5,15H2,1-3H3,(H,16,17). The lowest BCUT2D eigenvalue weighted by molar-refractivity contribution is -0.115. The van der Waals surface area contributed by atoms with Crippen LogP contribution in [0.15, 0.2) is 6.07 Å². The van der Waals surface area contributed by atoms with E-state index in [9.17, 15) is 4.79 Å². The molecule has 2 rings (SSSR count). The van der Waals surface area contributed by atoms with E-state index in [4.69, 9.17) is 17.3 Å². The maximum atomic E-state index is 11.4. The maximum Gasteiger partial charge on any atom is 0.228 e. The van der Waals surface area contributed by atoms with Crippen molar-refractivity contribution in [3.05, 3.63) is 27.8 Å². The van der Waals surface area contributed by atoms with Crippen LogP contribution in [0.1, 0.15) is 36.6 Å². The van der Waals surface area contributed by atoms with Crippen LogP contribution in [0.3, 0.4) is 0 Å². The van der Waals surface area contributed by atoms with Crippen molar-refractivity contribution in [1.82, 2.24) is 0 Å². The normalized spacial score (nSPS) is 16.0. The molecule has 0 saturated heterocycles. The summed E-state index contributed by atoms with van der Waals surface area (Å²) < 4.78 is 0. The molecule has 1 aromatic rings. The third-order valence-corrected chi connectivity index (χ3v) is 3.80. The van der Waals surface area contributed by atoms with E-state index >= 15 is 0 Å². The fraction of sp³-hybridized carbons (Fsp3) is 0.462. The van der Waals surface area contributed by atoms with Crippen LogP contribution in [0.2, 0.25) is 5.02 Å². The molecule has 3 nitrogen and oxygen atoms in total. The van der Waals surface area contributed by atoms with E-state index in [0.29, 0.717) is 17.4 Å². The molecule has 1 amide bonds. The molecule has 92 valence electrons. The first kappa shape index (κ1) is 12.4. The first-order valence-electron chi connectivity index (χ1n) is 5.79. The molecular weight excluding hydrogens is 236 g/mol. The smallest absolute Gasteiger partial charge is 0.228 e. The average molecular weight is 253 g/mol. The largest absolute Gasteiger partial charge is 0.325 e. The van der Waals surface area contributed by atoms with Crippen molar-refractivity contribution in [2.75, 3.05) is 5.32 Å². The van der Waals surface area contributed by atoms with Gasteiger partial charge in [-0.3, -0.25) is 4.79 Å². The minimum atomic E-state index is -0.0952. The van der Waals surface area contributed by atoms with Gasteiger partial charge in [0.15, 0.2) is 0 Å². The number of nitrogens with one attached hydrogen (secondary N) is 1. The molecule has 0 fully saturated rings. The predicted octanol–water partition coefficient (Wildman–Crippen LogP) is 2.80. The van der Waals surface area contributed by atoms with Crippen molar-refractivity contribution in [2.45, 2.75) is 33.2 Å². The minimum Gasteiger partial charge on any atom is -0.325 e. The molecule has 1 aliphatic rings. The molecule has 17 heavy (non-hydrogen) atoms. The summed E-state index contributed by atoms with van der Waals surface area (Å²) in [6, 6.07) is 1.87. The second kappa shape index (κ2) is 4.31. The van der Waals surface area contributed by atoms with Crippen LogP contribution in [0.4, 0.5) is 5.69 Å². The van der Waals surface area contributed by atoms with Gasteiger partial charge in [-0.2, -0.15) is 0 Å². The summed E-state index contributed by atoms with van der Waals surface area (Å²) >= 11 is 6.33. The summed E-state index contributed by atoms with van der Waals surface area (Å²) in [7, 11) is 0. The number of rotatable bonds is 2. The molecule has 0 bridgehead atoms. The number of nitrogens with two attached hydrogens (primary N) is 1. The number of hydrogen-bond acceptors (Lipinski definition) is 2. The summed E-state index contributed by atoms with van der Waals surface area (Å²) in [5.74, 6) is 0.337. The summed E-state index contributed by atoms with van der Waals surface area (Å²) in [5.41, 5.74) is 9.87. The Labute approximate surface area is 106 Å². The highest BCUT2D eigenvalue weighted by atomic mass is 35.5. The SMILES string of the molecule is Cc1c(Cl)c(C(N)C(C)C)cc2c1NC(=O)C2. The van der Waals surface area contributed by atoms with Crippen LogP contribution in [-0.2, 0) is 11.2 Å². The molecule has 3 N–H and O–H groups in total. The Morgan fingerprint density at radius 1 is 1.47 bits per heavy atom. The third kappa shape index (κ3) is 2.05. The predicted molar refractivity (Wildman–Crippen MR) is 70.3 cm³/mol. The molecule has 1 atom stereocenters. The van der Waals surface area contributed by atoms with Crippen molar-refractivity contribution in [1.29, 1.82) is 0 Å². The van der Waals surface area contributed by atoms with Gasteiger partial charge in [-0.15, -0.1) is 0 Å². The number of anilines is 1. The molecule has 1 aromatic carbocycles. The van der Waals surface area contributed by atoms with Gasteiger partial charge in [-0.1, -0.05) is 31.5 Å². The Hall–Kier alpha value is -1.06. The Kier molecular flexibility index (Phi) is 3.15. The molecule has 4 heteroatoms. The highest BCUT2D eigenvalue weighted by Crippen LogP contribution is 2.38. The Morgan fingerprint density at radius 3 is 2.71 bits per heavy atom. The highest BCUT2D eigenvalue weighted by Gasteiger charge is 2.25. The van der Waals surface area contributed by atoms with Gasteiger partial charge in [0, 0.05) is 11.7 Å². The van der Waals surface area contributed by atoms with E-state index in [1.54, 1.807) is 0 Å². The summed E-state index contributed by atoms with van der Waals surface area (Å²) in [4.78, 5) is 11.4. The van der Waals surface area contributed by atoms with E-state index in [1.165, 1.54) is 0 Å². The molecule has 0 aromatic heterocycles. The molecule has 0 radical (unpaired) electrons. The number of halogens is 1. The topological polar surface area (TPSA) is 55.1 Å². The van der Waals surface area contributed by atoms with E-state index in [2.05, 4.69) is 19.2 Å². The van der Waals surface area contributed by atoms with Crippen LogP contribution in [0, 0.1) is 12.8 Å². The maximum absolute atomic E-state index is 11.4. The minimum absolute atomic E-state index is 0.0226. The molecule has 0 saturated carbocycles. The Balaban J connectivity index is 2.54. The zero-order valence-corrected chi connectivity index (χ0v) is 11.1. The first-order valence-corrected chi connectivity index (χ1v) is 6.17. The van der Waals surface area contributed by atoms with Gasteiger partial charge in [0.1, 0.15) is 0 Å². The van der Waals surface area contributed by atoms with Crippen molar-refractivity contribution < 1.29 is 4.79 Å². The summed E-state index contributed by atoms with van der Waals surface area (Å²) in [6.07, 6.45) is 0.422. The van der Waals surface area contributed by atoms with Crippen molar-refractivity contribution in [3.63, 3.8) is 0 Å². The number of fused-ring (bicyclic) bond motifs is 1. The van der Waals surface area contributed by atoms with Gasteiger partial charge in [-0.05, 0) is 29.5 Å². The van der Waals surface area contributed by atoms with E-state index in [1.807, 2.05) is 13.0 Å². The van der Waals surface area contributed by atoms with Gasteiger partial charge in [0.25, 0.3) is 0 Å². The molecule has 0 aliphatic carbocycles. The Morgan fingerprint density at radius 2 is 2.12 bits per heavy atom. The summed E-state index contributed by atoms with van der Waals surface area (Å²) in [5, 5.41) is 3.51. The average Bonchev–Trinajstić information content (AvgIpc) is 2.63. The molecule has 1 heterocycles. The van der Waals surface area contributed by atoms with Crippen LogP contribution in [0.25, 0.3) is 0 Å². The lowest BCUT2D eigenvalue weighted by atomic mass is 9.93. The van der Waals surface area contributed by atoms with Crippen LogP contribution >= 0.6 is 11.6 Å². The van der Waals surface area contributed by atoms with Crippen molar-refractivity contribution in [3.8, 4) is 0 Å². The number of hydrogen-bond donors (Lipinski definition) is 2. The van der Waals surface area contributed by atoms with Crippen LogP contribution in [0.5, 0.6) is 0 Å². The molecule has 0 spiro atoms. The van der Waals surface area contributed by atoms with Crippen LogP contribution in [-0.4, -0.2) is 5.91 Å². The fourth-order valence-electron chi connectivity index (χ4n) is 2.16. The molecule has 1 aliphatic heterocycles. The number of benzene rings is 1. The Bertz CT molecular complexity index is 483. The van der Waals surface area contributed by atoms with E-state index in [0.717, 1.165) is 22.4 Å². The second-order valence-electron chi connectivity index (χ2n) is 4.93. The first-order chi connectivity index (χ1) is 7.91. The van der Waals surface area contributed by atoms with E-state index < -0.39 is 0 Å². The lowest BCUT2D eigenvalue weighted by Gasteiger charge is -2.20. The molecular formula is C13H17ClN2O. The highest BCUT2D eigenvalue weighted by molar-refractivity contribution is 6.33. The number of amides is 1. The van der Waals surface area contributed by atoms with Gasteiger partial charge in [0.2, 0.25) is 5.91 Å². The summed E-state index contributed by atoms with van der Waals surface area (Å²) in [6.45, 7) is 6.04. The quantitative estimate of drug-likeness (QED) is 0.850. The van der Waals surface area contributed by atoms with Gasteiger partial charge in [0.05, 0.1) is 11.4 Å². The number of carbonyl (C=O) groups is 1. The third-order valence-electron chi connectivity index (χ3n) is 3.30. The lowest BCUT2D eigenvalue weighted by Crippen LogP contribution is -2.17. The van der Waals surface area contributed by atoms with Gasteiger partial charge >= 0.3 is 0 Å². The number of carbonyl (C=O) groups excluding carboxylic acids is 1.